The summed E-state index contributed by atoms with van der Waals surface area (Å²) in [6, 6.07) is 4.98. The van der Waals surface area contributed by atoms with Gasteiger partial charge in [-0.15, -0.1) is 0 Å². The van der Waals surface area contributed by atoms with Crippen molar-refractivity contribution in [2.24, 2.45) is 0 Å². The second-order valence-corrected chi connectivity index (χ2v) is 7.21. The highest BCUT2D eigenvalue weighted by Gasteiger charge is 2.38. The van der Waals surface area contributed by atoms with E-state index in [1.807, 2.05) is 0 Å². The number of rotatable bonds is 5. The smallest absolute Gasteiger partial charge is 0.377 e. The molecule has 1 aromatic carbocycles. The lowest BCUT2D eigenvalue weighted by atomic mass is 10.00. The van der Waals surface area contributed by atoms with Crippen LogP contribution in [-0.4, -0.2) is 30.1 Å². The Morgan fingerprint density at radius 3 is 1.88 bits per heavy atom. The highest BCUT2D eigenvalue weighted by molar-refractivity contribution is 6.60. The largest absolute Gasteiger partial charge is 0.504 e. The Bertz CT molecular complexity index is 378. The van der Waals surface area contributed by atoms with Gasteiger partial charge >= 0.3 is 8.80 Å². The maximum Gasteiger partial charge on any atom is 0.504 e. The molecule has 0 fully saturated rings. The van der Waals surface area contributed by atoms with Crippen molar-refractivity contribution in [1.82, 2.24) is 0 Å². The number of hydrogen-bond acceptors (Lipinski definition) is 3. The minimum atomic E-state index is -2.53. The summed E-state index contributed by atoms with van der Waals surface area (Å²) in [5.74, 6) is 0. The normalized spacial score (nSPS) is 11.9. The summed E-state index contributed by atoms with van der Waals surface area (Å²) in [6.07, 6.45) is 0. The Hall–Kier alpha value is -0.683. The number of aryl methyl sites for hydroxylation is 1. The molecule has 0 radical (unpaired) electrons. The molecule has 0 heterocycles. The van der Waals surface area contributed by atoms with Gasteiger partial charge in [0.1, 0.15) is 0 Å². The predicted octanol–water partition coefficient (Wildman–Crippen LogP) is 2.57. The summed E-state index contributed by atoms with van der Waals surface area (Å²) in [7, 11) is 2.42. The van der Waals surface area contributed by atoms with Crippen LogP contribution in [0.2, 0.25) is 0 Å². The molecule has 1 rings (SSSR count). The van der Waals surface area contributed by atoms with Gasteiger partial charge in [-0.25, -0.2) is 0 Å². The lowest BCUT2D eigenvalue weighted by molar-refractivity contribution is 0.122. The van der Waals surface area contributed by atoms with Crippen LogP contribution < -0.4 is 0 Å². The van der Waals surface area contributed by atoms with Crippen LogP contribution in [-0.2, 0) is 19.3 Å². The SMILES string of the molecule is CO[Si](Cc1ccc(C)c(C)c1C)(OC)OC. The Morgan fingerprint density at radius 2 is 1.41 bits per heavy atom. The van der Waals surface area contributed by atoms with Gasteiger partial charge in [0.05, 0.1) is 0 Å². The van der Waals surface area contributed by atoms with Gasteiger partial charge in [-0.2, -0.15) is 0 Å². The molecular weight excluding hydrogens is 232 g/mol. The van der Waals surface area contributed by atoms with Gasteiger partial charge in [0.25, 0.3) is 0 Å². The van der Waals surface area contributed by atoms with Crippen LogP contribution in [0.4, 0.5) is 0 Å². The van der Waals surface area contributed by atoms with E-state index in [9.17, 15) is 0 Å². The Kier molecular flexibility index (Phi) is 4.88. The van der Waals surface area contributed by atoms with Gasteiger partial charge in [0.2, 0.25) is 0 Å². The molecule has 0 amide bonds. The highest BCUT2D eigenvalue weighted by Crippen LogP contribution is 2.22. The number of benzene rings is 1. The minimum Gasteiger partial charge on any atom is -0.377 e. The minimum absolute atomic E-state index is 0.712. The predicted molar refractivity (Wildman–Crippen MR) is 71.1 cm³/mol. The maximum atomic E-state index is 5.46. The third kappa shape index (κ3) is 2.96. The molecule has 0 aliphatic rings. The van der Waals surface area contributed by atoms with Crippen LogP contribution in [0.1, 0.15) is 22.3 Å². The highest BCUT2D eigenvalue weighted by atomic mass is 28.4. The van der Waals surface area contributed by atoms with E-state index in [1.54, 1.807) is 21.3 Å². The molecule has 3 nitrogen and oxygen atoms in total. The van der Waals surface area contributed by atoms with Crippen LogP contribution in [0.3, 0.4) is 0 Å². The number of hydrogen-bond donors (Lipinski definition) is 0. The molecule has 0 saturated heterocycles. The van der Waals surface area contributed by atoms with Gasteiger partial charge in [-0.3, -0.25) is 0 Å². The van der Waals surface area contributed by atoms with Crippen LogP contribution in [0.25, 0.3) is 0 Å². The molecule has 1 aromatic rings. The van der Waals surface area contributed by atoms with Crippen molar-refractivity contribution >= 4 is 8.80 Å². The van der Waals surface area contributed by atoms with Gasteiger partial charge in [0, 0.05) is 27.4 Å². The average molecular weight is 254 g/mol. The fourth-order valence-electron chi connectivity index (χ4n) is 1.90. The molecule has 0 atom stereocenters. The van der Waals surface area contributed by atoms with Crippen molar-refractivity contribution in [1.29, 1.82) is 0 Å². The third-order valence-corrected chi connectivity index (χ3v) is 6.19. The zero-order chi connectivity index (χ0) is 13.1. The molecule has 0 spiro atoms. The van der Waals surface area contributed by atoms with Gasteiger partial charge in [0.15, 0.2) is 0 Å². The van der Waals surface area contributed by atoms with Crippen molar-refractivity contribution in [2.45, 2.75) is 26.8 Å². The topological polar surface area (TPSA) is 27.7 Å². The first kappa shape index (κ1) is 14.4. The lowest BCUT2D eigenvalue weighted by Gasteiger charge is -2.25. The zero-order valence-electron chi connectivity index (χ0n) is 11.6. The molecule has 0 aliphatic heterocycles. The summed E-state index contributed by atoms with van der Waals surface area (Å²) < 4.78 is 16.4. The first-order valence-corrected chi connectivity index (χ1v) is 7.64. The summed E-state index contributed by atoms with van der Waals surface area (Å²) in [6.45, 7) is 6.40. The quantitative estimate of drug-likeness (QED) is 0.756. The first-order valence-electron chi connectivity index (χ1n) is 5.70. The average Bonchev–Trinajstić information content (AvgIpc) is 2.36. The van der Waals surface area contributed by atoms with E-state index < -0.39 is 8.80 Å². The molecular formula is C13H22O3Si. The van der Waals surface area contributed by atoms with E-state index in [-0.39, 0.29) is 0 Å². The van der Waals surface area contributed by atoms with E-state index in [0.29, 0.717) is 6.04 Å². The summed E-state index contributed by atoms with van der Waals surface area (Å²) >= 11 is 0. The Morgan fingerprint density at radius 1 is 0.882 bits per heavy atom. The monoisotopic (exact) mass is 254 g/mol. The molecule has 96 valence electrons. The first-order chi connectivity index (χ1) is 7.99. The second-order valence-electron chi connectivity index (χ2n) is 4.26. The van der Waals surface area contributed by atoms with E-state index in [1.165, 1.54) is 22.3 Å². The Labute approximate surface area is 105 Å². The molecule has 0 saturated carbocycles. The van der Waals surface area contributed by atoms with Crippen molar-refractivity contribution in [2.75, 3.05) is 21.3 Å². The molecule has 0 aromatic heterocycles. The van der Waals surface area contributed by atoms with E-state index in [2.05, 4.69) is 32.9 Å². The zero-order valence-corrected chi connectivity index (χ0v) is 12.6. The van der Waals surface area contributed by atoms with Crippen molar-refractivity contribution < 1.29 is 13.3 Å². The van der Waals surface area contributed by atoms with Crippen LogP contribution in [0.5, 0.6) is 0 Å². The fourth-order valence-corrected chi connectivity index (χ4v) is 3.69. The van der Waals surface area contributed by atoms with Crippen LogP contribution in [0.15, 0.2) is 12.1 Å². The van der Waals surface area contributed by atoms with E-state index >= 15 is 0 Å². The van der Waals surface area contributed by atoms with Crippen molar-refractivity contribution in [3.8, 4) is 0 Å². The van der Waals surface area contributed by atoms with Gasteiger partial charge in [-0.1, -0.05) is 12.1 Å². The van der Waals surface area contributed by atoms with Crippen molar-refractivity contribution in [3.05, 3.63) is 34.4 Å². The Balaban J connectivity index is 3.06. The third-order valence-electron chi connectivity index (χ3n) is 3.51. The summed E-state index contributed by atoms with van der Waals surface area (Å²) in [5, 5.41) is 0. The molecule has 4 heteroatoms. The van der Waals surface area contributed by atoms with Crippen LogP contribution >= 0.6 is 0 Å². The maximum absolute atomic E-state index is 5.46. The second kappa shape index (κ2) is 5.77. The fraction of sp³-hybridized carbons (Fsp3) is 0.538. The summed E-state index contributed by atoms with van der Waals surface area (Å²) in [5.41, 5.74) is 5.18. The molecule has 17 heavy (non-hydrogen) atoms. The molecule has 0 N–H and O–H groups in total. The summed E-state index contributed by atoms with van der Waals surface area (Å²) in [4.78, 5) is 0. The van der Waals surface area contributed by atoms with E-state index in [0.717, 1.165) is 0 Å². The van der Waals surface area contributed by atoms with Crippen LogP contribution in [0, 0.1) is 20.8 Å². The standard InChI is InChI=1S/C13H22O3Si/c1-10-7-8-13(12(3)11(10)2)9-17(14-4,15-5)16-6/h7-8H,9H2,1-6H3. The molecule has 0 aliphatic carbocycles. The van der Waals surface area contributed by atoms with E-state index in [4.69, 9.17) is 13.3 Å². The molecule has 0 unspecified atom stereocenters. The lowest BCUT2D eigenvalue weighted by Crippen LogP contribution is -2.45. The van der Waals surface area contributed by atoms with Crippen molar-refractivity contribution in [3.63, 3.8) is 0 Å². The van der Waals surface area contributed by atoms with Gasteiger partial charge in [-0.05, 0) is 43.0 Å². The molecule has 0 bridgehead atoms. The van der Waals surface area contributed by atoms with Gasteiger partial charge < -0.3 is 13.3 Å².